The maximum atomic E-state index is 11.0. The fourth-order valence-corrected chi connectivity index (χ4v) is 2.66. The Morgan fingerprint density at radius 2 is 2.05 bits per heavy atom. The lowest BCUT2D eigenvalue weighted by Crippen LogP contribution is -2.00. The van der Waals surface area contributed by atoms with E-state index < -0.39 is 0 Å². The number of hydrogen-bond acceptors (Lipinski definition) is 6. The summed E-state index contributed by atoms with van der Waals surface area (Å²) in [6.45, 7) is 0.391. The van der Waals surface area contributed by atoms with E-state index in [1.165, 1.54) is 11.8 Å². The lowest BCUT2D eigenvalue weighted by molar-refractivity contribution is -0.137. The molecule has 1 saturated heterocycles. The van der Waals surface area contributed by atoms with E-state index in [-0.39, 0.29) is 11.2 Å². The van der Waals surface area contributed by atoms with Gasteiger partial charge in [0.05, 0.1) is 11.7 Å². The van der Waals surface area contributed by atoms with E-state index in [2.05, 4.69) is 10.2 Å². The van der Waals surface area contributed by atoms with Crippen molar-refractivity contribution in [3.63, 3.8) is 0 Å². The number of rotatable bonds is 3. The quantitative estimate of drug-likeness (QED) is 0.812. The van der Waals surface area contributed by atoms with Crippen LogP contribution in [0.4, 0.5) is 0 Å². The fourth-order valence-electron chi connectivity index (χ4n) is 1.67. The lowest BCUT2D eigenvalue weighted by Gasteiger charge is -1.99. The molecule has 0 saturated carbocycles. The third kappa shape index (κ3) is 2.90. The van der Waals surface area contributed by atoms with E-state index in [1.807, 2.05) is 12.1 Å². The standard InChI is InChI=1S/C12H9ClN2O3S/c13-8-3-1-7(2-4-8)11-14-15-12(18-11)19-9-5-10(16)17-6-9/h1-4,9H,5-6H2. The summed E-state index contributed by atoms with van der Waals surface area (Å²) in [5, 5.41) is 9.06. The van der Waals surface area contributed by atoms with Gasteiger partial charge in [-0.25, -0.2) is 0 Å². The third-order valence-electron chi connectivity index (χ3n) is 2.59. The highest BCUT2D eigenvalue weighted by atomic mass is 35.5. The average Bonchev–Trinajstić information content (AvgIpc) is 3.00. The fraction of sp³-hybridized carbons (Fsp3) is 0.250. The minimum absolute atomic E-state index is 0.0472. The van der Waals surface area contributed by atoms with Crippen LogP contribution >= 0.6 is 23.4 Å². The van der Waals surface area contributed by atoms with Crippen LogP contribution in [0.3, 0.4) is 0 Å². The van der Waals surface area contributed by atoms with Gasteiger partial charge in [0.25, 0.3) is 5.22 Å². The van der Waals surface area contributed by atoms with Crippen LogP contribution in [-0.2, 0) is 9.53 Å². The highest BCUT2D eigenvalue weighted by Gasteiger charge is 2.26. The number of carbonyl (C=O) groups is 1. The Kier molecular flexibility index (Phi) is 3.44. The van der Waals surface area contributed by atoms with Crippen molar-refractivity contribution in [2.24, 2.45) is 0 Å². The number of hydrogen-bond donors (Lipinski definition) is 0. The number of benzene rings is 1. The van der Waals surface area contributed by atoms with E-state index in [9.17, 15) is 4.79 Å². The summed E-state index contributed by atoms with van der Waals surface area (Å²) >= 11 is 7.18. The first-order valence-electron chi connectivity index (χ1n) is 5.62. The minimum atomic E-state index is -0.185. The second kappa shape index (κ2) is 5.22. The molecule has 1 aromatic carbocycles. The van der Waals surface area contributed by atoms with Crippen molar-refractivity contribution in [2.45, 2.75) is 16.9 Å². The first-order chi connectivity index (χ1) is 9.20. The molecule has 1 fully saturated rings. The van der Waals surface area contributed by atoms with Crippen molar-refractivity contribution in [3.05, 3.63) is 29.3 Å². The monoisotopic (exact) mass is 296 g/mol. The van der Waals surface area contributed by atoms with E-state index >= 15 is 0 Å². The molecule has 0 amide bonds. The van der Waals surface area contributed by atoms with Gasteiger partial charge in [-0.1, -0.05) is 23.4 Å². The van der Waals surface area contributed by atoms with Crippen LogP contribution in [0.25, 0.3) is 11.5 Å². The van der Waals surface area contributed by atoms with Crippen molar-refractivity contribution in [3.8, 4) is 11.5 Å². The maximum absolute atomic E-state index is 11.0. The summed E-state index contributed by atoms with van der Waals surface area (Å²) in [5.74, 6) is 0.249. The largest absolute Gasteiger partial charge is 0.464 e. The maximum Gasteiger partial charge on any atom is 0.307 e. The van der Waals surface area contributed by atoms with Gasteiger partial charge in [-0.3, -0.25) is 4.79 Å². The van der Waals surface area contributed by atoms with E-state index in [0.717, 1.165) is 5.56 Å². The zero-order chi connectivity index (χ0) is 13.2. The molecule has 1 unspecified atom stereocenters. The molecule has 98 valence electrons. The Hall–Kier alpha value is -1.53. The SMILES string of the molecule is O=C1CC(Sc2nnc(-c3ccc(Cl)cc3)o2)CO1. The molecule has 5 nitrogen and oxygen atoms in total. The Balaban J connectivity index is 1.72. The molecule has 19 heavy (non-hydrogen) atoms. The number of esters is 1. The highest BCUT2D eigenvalue weighted by molar-refractivity contribution is 7.99. The van der Waals surface area contributed by atoms with Crippen molar-refractivity contribution < 1.29 is 13.9 Å². The molecule has 1 aliphatic heterocycles. The zero-order valence-electron chi connectivity index (χ0n) is 9.71. The smallest absolute Gasteiger partial charge is 0.307 e. The molecule has 2 aromatic rings. The Bertz CT molecular complexity index is 599. The van der Waals surface area contributed by atoms with Gasteiger partial charge in [-0.05, 0) is 24.3 Å². The van der Waals surface area contributed by atoms with Gasteiger partial charge < -0.3 is 9.15 Å². The van der Waals surface area contributed by atoms with Crippen LogP contribution in [0, 0.1) is 0 Å². The van der Waals surface area contributed by atoms with Crippen molar-refractivity contribution in [1.29, 1.82) is 0 Å². The normalized spacial score (nSPS) is 18.6. The zero-order valence-corrected chi connectivity index (χ0v) is 11.3. The predicted octanol–water partition coefficient (Wildman–Crippen LogP) is 2.80. The molecule has 2 heterocycles. The molecule has 1 aliphatic rings. The van der Waals surface area contributed by atoms with Gasteiger partial charge >= 0.3 is 5.97 Å². The molecule has 7 heteroatoms. The predicted molar refractivity (Wildman–Crippen MR) is 70.0 cm³/mol. The summed E-state index contributed by atoms with van der Waals surface area (Å²) in [4.78, 5) is 11.0. The number of thioether (sulfide) groups is 1. The average molecular weight is 297 g/mol. The first-order valence-corrected chi connectivity index (χ1v) is 6.88. The van der Waals surface area contributed by atoms with Crippen LogP contribution in [0.5, 0.6) is 0 Å². The molecular weight excluding hydrogens is 288 g/mol. The molecule has 0 N–H and O–H groups in total. The Morgan fingerprint density at radius 1 is 1.26 bits per heavy atom. The first kappa shape index (κ1) is 12.5. The highest BCUT2D eigenvalue weighted by Crippen LogP contribution is 2.30. The molecule has 3 rings (SSSR count). The van der Waals surface area contributed by atoms with E-state index in [1.54, 1.807) is 12.1 Å². The van der Waals surface area contributed by atoms with Crippen LogP contribution in [0.15, 0.2) is 33.9 Å². The number of cyclic esters (lactones) is 1. The second-order valence-electron chi connectivity index (χ2n) is 4.01. The van der Waals surface area contributed by atoms with Crippen LogP contribution in [-0.4, -0.2) is 28.0 Å². The van der Waals surface area contributed by atoms with E-state index in [0.29, 0.717) is 29.2 Å². The van der Waals surface area contributed by atoms with Crippen LogP contribution in [0.1, 0.15) is 6.42 Å². The van der Waals surface area contributed by atoms with Crippen molar-refractivity contribution >= 4 is 29.3 Å². The molecular formula is C12H9ClN2O3S. The molecule has 0 radical (unpaired) electrons. The molecule has 0 aliphatic carbocycles. The number of carbonyl (C=O) groups excluding carboxylic acids is 1. The van der Waals surface area contributed by atoms with Gasteiger partial charge in [0.15, 0.2) is 0 Å². The third-order valence-corrected chi connectivity index (χ3v) is 3.84. The molecule has 1 aromatic heterocycles. The number of ether oxygens (including phenoxy) is 1. The lowest BCUT2D eigenvalue weighted by atomic mass is 10.2. The number of aromatic nitrogens is 2. The summed E-state index contributed by atoms with van der Waals surface area (Å²) in [7, 11) is 0. The molecule has 0 spiro atoms. The summed E-state index contributed by atoms with van der Waals surface area (Å²) in [6.07, 6.45) is 0.378. The summed E-state index contributed by atoms with van der Waals surface area (Å²) in [6, 6.07) is 7.15. The van der Waals surface area contributed by atoms with E-state index in [4.69, 9.17) is 20.8 Å². The molecule has 1 atom stereocenters. The topological polar surface area (TPSA) is 65.2 Å². The number of halogens is 1. The van der Waals surface area contributed by atoms with Gasteiger partial charge in [0.2, 0.25) is 5.89 Å². The van der Waals surface area contributed by atoms with Crippen LogP contribution in [0.2, 0.25) is 5.02 Å². The second-order valence-corrected chi connectivity index (χ2v) is 5.70. The Labute approximate surface area is 118 Å². The summed E-state index contributed by atoms with van der Waals surface area (Å²) < 4.78 is 10.4. The van der Waals surface area contributed by atoms with Gasteiger partial charge in [0, 0.05) is 10.6 Å². The minimum Gasteiger partial charge on any atom is -0.464 e. The molecule has 0 bridgehead atoms. The van der Waals surface area contributed by atoms with Crippen LogP contribution < -0.4 is 0 Å². The summed E-state index contributed by atoms with van der Waals surface area (Å²) in [5.41, 5.74) is 0.808. The van der Waals surface area contributed by atoms with Gasteiger partial charge in [0.1, 0.15) is 6.61 Å². The Morgan fingerprint density at radius 3 is 2.74 bits per heavy atom. The van der Waals surface area contributed by atoms with Crippen molar-refractivity contribution in [1.82, 2.24) is 10.2 Å². The van der Waals surface area contributed by atoms with Gasteiger partial charge in [-0.2, -0.15) is 0 Å². The van der Waals surface area contributed by atoms with Crippen molar-refractivity contribution in [2.75, 3.05) is 6.61 Å². The van der Waals surface area contributed by atoms with Gasteiger partial charge in [-0.15, -0.1) is 10.2 Å². The number of nitrogens with zero attached hydrogens (tertiary/aromatic N) is 2.